The average molecular weight is 258 g/mol. The second kappa shape index (κ2) is 5.54. The van der Waals surface area contributed by atoms with E-state index in [1.807, 2.05) is 0 Å². The summed E-state index contributed by atoms with van der Waals surface area (Å²) in [4.78, 5) is 22.9. The van der Waals surface area contributed by atoms with E-state index >= 15 is 0 Å². The molecular weight excluding hydrogens is 246 g/mol. The number of rotatable bonds is 4. The molecule has 7 heteroatoms. The van der Waals surface area contributed by atoms with Crippen LogP contribution >= 0.6 is 0 Å². The lowest BCUT2D eigenvalue weighted by Crippen LogP contribution is -2.46. The van der Waals surface area contributed by atoms with Gasteiger partial charge in [0.1, 0.15) is 11.6 Å². The monoisotopic (exact) mass is 258 g/mol. The van der Waals surface area contributed by atoms with Gasteiger partial charge in [-0.2, -0.15) is 0 Å². The summed E-state index contributed by atoms with van der Waals surface area (Å²) in [6, 6.07) is 1.10. The first-order chi connectivity index (χ1) is 8.32. The predicted octanol–water partition coefficient (Wildman–Crippen LogP) is 0.335. The molecule has 0 bridgehead atoms. The van der Waals surface area contributed by atoms with Crippen LogP contribution in [-0.4, -0.2) is 35.0 Å². The number of nitrogens with two attached hydrogens (primary N) is 1. The van der Waals surface area contributed by atoms with Crippen molar-refractivity contribution in [2.45, 2.75) is 12.6 Å². The van der Waals surface area contributed by atoms with Crippen molar-refractivity contribution in [2.75, 3.05) is 7.05 Å². The molecule has 1 rings (SSSR count). The molecule has 5 nitrogen and oxygen atoms in total. The Bertz CT molecular complexity index is 479. The zero-order valence-electron chi connectivity index (χ0n) is 9.56. The van der Waals surface area contributed by atoms with E-state index in [1.165, 1.54) is 7.05 Å². The maximum absolute atomic E-state index is 13.3. The Morgan fingerprint density at radius 2 is 2.06 bits per heavy atom. The standard InChI is InChI=1S/C11H12F2N2O3/c1-15(10(16)9(14)11(17)18)5-6-4-7(12)2-3-8(6)13/h2-4,9H,5,14H2,1H3,(H,17,18). The number of amides is 1. The van der Waals surface area contributed by atoms with Crippen LogP contribution in [0.3, 0.4) is 0 Å². The van der Waals surface area contributed by atoms with Crippen LogP contribution in [0.4, 0.5) is 8.78 Å². The second-order valence-electron chi connectivity index (χ2n) is 3.75. The molecule has 1 atom stereocenters. The number of carboxylic acids is 1. The number of benzene rings is 1. The molecule has 0 spiro atoms. The Kier molecular flexibility index (Phi) is 4.33. The number of hydrogen-bond acceptors (Lipinski definition) is 3. The van der Waals surface area contributed by atoms with E-state index in [9.17, 15) is 18.4 Å². The quantitative estimate of drug-likeness (QED) is 0.762. The number of hydrogen-bond donors (Lipinski definition) is 2. The number of nitrogens with zero attached hydrogens (tertiary/aromatic N) is 1. The van der Waals surface area contributed by atoms with Crippen molar-refractivity contribution in [2.24, 2.45) is 5.73 Å². The largest absolute Gasteiger partial charge is 0.480 e. The fourth-order valence-electron chi connectivity index (χ4n) is 1.34. The van der Waals surface area contributed by atoms with Gasteiger partial charge in [0, 0.05) is 19.2 Å². The highest BCUT2D eigenvalue weighted by atomic mass is 19.1. The number of carbonyl (C=O) groups excluding carboxylic acids is 1. The van der Waals surface area contributed by atoms with Crippen LogP contribution in [0.2, 0.25) is 0 Å². The number of carboxylic acid groups (broad SMARTS) is 1. The molecular formula is C11H12F2N2O3. The van der Waals surface area contributed by atoms with Crippen LogP contribution in [0.15, 0.2) is 18.2 Å². The third-order valence-electron chi connectivity index (χ3n) is 2.32. The highest BCUT2D eigenvalue weighted by Gasteiger charge is 2.25. The lowest BCUT2D eigenvalue weighted by Gasteiger charge is -2.19. The van der Waals surface area contributed by atoms with E-state index in [-0.39, 0.29) is 12.1 Å². The second-order valence-corrected chi connectivity index (χ2v) is 3.75. The molecule has 1 unspecified atom stereocenters. The van der Waals surface area contributed by atoms with Crippen molar-refractivity contribution in [3.8, 4) is 0 Å². The molecule has 1 aromatic rings. The molecule has 0 saturated heterocycles. The number of carbonyl (C=O) groups is 2. The maximum Gasteiger partial charge on any atom is 0.330 e. The number of likely N-dealkylation sites (N-methyl/N-ethyl adjacent to an activating group) is 1. The molecule has 0 saturated carbocycles. The van der Waals surface area contributed by atoms with Crippen molar-refractivity contribution in [1.29, 1.82) is 0 Å². The summed E-state index contributed by atoms with van der Waals surface area (Å²) in [6.45, 7) is -0.261. The van der Waals surface area contributed by atoms with E-state index in [0.717, 1.165) is 23.1 Å². The number of aliphatic carboxylic acids is 1. The van der Waals surface area contributed by atoms with E-state index in [0.29, 0.717) is 0 Å². The van der Waals surface area contributed by atoms with Crippen molar-refractivity contribution in [3.05, 3.63) is 35.4 Å². The van der Waals surface area contributed by atoms with E-state index in [4.69, 9.17) is 10.8 Å². The fourth-order valence-corrected chi connectivity index (χ4v) is 1.34. The summed E-state index contributed by atoms with van der Waals surface area (Å²) in [5.74, 6) is -3.69. The minimum absolute atomic E-state index is 0.0524. The zero-order chi connectivity index (χ0) is 13.9. The Hall–Kier alpha value is -2.02. The molecule has 98 valence electrons. The summed E-state index contributed by atoms with van der Waals surface area (Å²) < 4.78 is 26.2. The molecule has 0 aromatic heterocycles. The van der Waals surface area contributed by atoms with Crippen molar-refractivity contribution in [1.82, 2.24) is 4.90 Å². The highest BCUT2D eigenvalue weighted by molar-refractivity contribution is 6.00. The van der Waals surface area contributed by atoms with Gasteiger partial charge in [0.2, 0.25) is 0 Å². The lowest BCUT2D eigenvalue weighted by molar-refractivity contribution is -0.146. The van der Waals surface area contributed by atoms with Crippen molar-refractivity contribution < 1.29 is 23.5 Å². The van der Waals surface area contributed by atoms with Crippen LogP contribution in [0.25, 0.3) is 0 Å². The normalized spacial score (nSPS) is 12.0. The van der Waals surface area contributed by atoms with Gasteiger partial charge in [-0.3, -0.25) is 4.79 Å². The smallest absolute Gasteiger partial charge is 0.330 e. The fraction of sp³-hybridized carbons (Fsp3) is 0.273. The molecule has 3 N–H and O–H groups in total. The third-order valence-corrected chi connectivity index (χ3v) is 2.32. The topological polar surface area (TPSA) is 83.6 Å². The van der Waals surface area contributed by atoms with Gasteiger partial charge in [0.05, 0.1) is 0 Å². The van der Waals surface area contributed by atoms with Crippen molar-refractivity contribution in [3.63, 3.8) is 0 Å². The van der Waals surface area contributed by atoms with E-state index in [2.05, 4.69) is 0 Å². The molecule has 0 aliphatic carbocycles. The highest BCUT2D eigenvalue weighted by Crippen LogP contribution is 2.12. The molecule has 0 aliphatic heterocycles. The van der Waals surface area contributed by atoms with Crippen LogP contribution < -0.4 is 5.73 Å². The Labute approximate surface area is 102 Å². The molecule has 1 aromatic carbocycles. The molecule has 0 radical (unpaired) electrons. The zero-order valence-corrected chi connectivity index (χ0v) is 9.56. The van der Waals surface area contributed by atoms with Crippen LogP contribution in [0.1, 0.15) is 5.56 Å². The minimum atomic E-state index is -1.72. The third kappa shape index (κ3) is 3.24. The summed E-state index contributed by atoms with van der Waals surface area (Å²) in [5, 5.41) is 8.56. The summed E-state index contributed by atoms with van der Waals surface area (Å²) in [5.41, 5.74) is 5.07. The van der Waals surface area contributed by atoms with Crippen molar-refractivity contribution >= 4 is 11.9 Å². The lowest BCUT2D eigenvalue weighted by atomic mass is 10.2. The molecule has 0 heterocycles. The molecule has 0 fully saturated rings. The summed E-state index contributed by atoms with van der Waals surface area (Å²) >= 11 is 0. The average Bonchev–Trinajstić information content (AvgIpc) is 2.31. The van der Waals surface area contributed by atoms with E-state index in [1.54, 1.807) is 0 Å². The first-order valence-electron chi connectivity index (χ1n) is 5.00. The van der Waals surface area contributed by atoms with Gasteiger partial charge < -0.3 is 15.7 Å². The Morgan fingerprint density at radius 3 is 2.61 bits per heavy atom. The summed E-state index contributed by atoms with van der Waals surface area (Å²) in [7, 11) is 1.26. The van der Waals surface area contributed by atoms with Gasteiger partial charge in [-0.05, 0) is 18.2 Å². The molecule has 0 aliphatic rings. The van der Waals surface area contributed by atoms with Gasteiger partial charge in [0.25, 0.3) is 5.91 Å². The molecule has 18 heavy (non-hydrogen) atoms. The van der Waals surface area contributed by atoms with Gasteiger partial charge in [-0.15, -0.1) is 0 Å². The summed E-state index contributed by atoms with van der Waals surface area (Å²) in [6.07, 6.45) is 0. The van der Waals surface area contributed by atoms with E-state index < -0.39 is 29.6 Å². The van der Waals surface area contributed by atoms with Gasteiger partial charge >= 0.3 is 5.97 Å². The first kappa shape index (κ1) is 14.0. The van der Waals surface area contributed by atoms with Gasteiger partial charge in [-0.25, -0.2) is 13.6 Å². The number of halogens is 2. The Morgan fingerprint density at radius 1 is 1.44 bits per heavy atom. The SMILES string of the molecule is CN(Cc1cc(F)ccc1F)C(=O)C(N)C(=O)O. The maximum atomic E-state index is 13.3. The van der Waals surface area contributed by atoms with Crippen LogP contribution in [0.5, 0.6) is 0 Å². The first-order valence-corrected chi connectivity index (χ1v) is 5.00. The minimum Gasteiger partial charge on any atom is -0.480 e. The Balaban J connectivity index is 2.81. The predicted molar refractivity (Wildman–Crippen MR) is 58.4 cm³/mol. The molecule has 1 amide bonds. The van der Waals surface area contributed by atoms with Crippen LogP contribution in [0, 0.1) is 11.6 Å². The van der Waals surface area contributed by atoms with Crippen LogP contribution in [-0.2, 0) is 16.1 Å². The van der Waals surface area contributed by atoms with Gasteiger partial charge in [-0.1, -0.05) is 0 Å². The van der Waals surface area contributed by atoms with Gasteiger partial charge in [0.15, 0.2) is 6.04 Å².